The van der Waals surface area contributed by atoms with Gasteiger partial charge < -0.3 is 35.1 Å². The number of hydrogen-bond donors (Lipinski definition) is 4. The van der Waals surface area contributed by atoms with Crippen LogP contribution in [0.1, 0.15) is 6.92 Å². The highest BCUT2D eigenvalue weighted by molar-refractivity contribution is 5.94. The van der Waals surface area contributed by atoms with Crippen molar-refractivity contribution >= 4 is 33.9 Å². The standard InChI is InChI=1S/C21H24N4O6/c1-12(26)10-22-15-7-18(28)16(8-17(15)27)25-21-13-6-19(30-3)20(31-5-4-29-2)9-14(13)23-11-24-21/h6-9,11,22,27-28H,4-5,10H2,1-3H3,(H,23,24,25). The summed E-state index contributed by atoms with van der Waals surface area (Å²) in [6.45, 7) is 2.23. The Kier molecular flexibility index (Phi) is 6.93. The minimum atomic E-state index is -0.137. The minimum Gasteiger partial charge on any atom is -0.506 e. The predicted molar refractivity (Wildman–Crippen MR) is 116 cm³/mol. The third-order valence-electron chi connectivity index (χ3n) is 4.36. The van der Waals surface area contributed by atoms with Gasteiger partial charge in [-0.25, -0.2) is 9.97 Å². The summed E-state index contributed by atoms with van der Waals surface area (Å²) in [6, 6.07) is 6.11. The van der Waals surface area contributed by atoms with Crippen molar-refractivity contribution in [2.24, 2.45) is 0 Å². The van der Waals surface area contributed by atoms with E-state index < -0.39 is 0 Å². The molecule has 0 atom stereocenters. The van der Waals surface area contributed by atoms with Crippen molar-refractivity contribution in [3.63, 3.8) is 0 Å². The van der Waals surface area contributed by atoms with Crippen LogP contribution >= 0.6 is 0 Å². The van der Waals surface area contributed by atoms with Gasteiger partial charge in [-0.05, 0) is 13.0 Å². The molecule has 0 aliphatic rings. The number of hydrogen-bond acceptors (Lipinski definition) is 10. The van der Waals surface area contributed by atoms with Gasteiger partial charge in [0.2, 0.25) is 0 Å². The van der Waals surface area contributed by atoms with Crippen molar-refractivity contribution in [2.75, 3.05) is 44.6 Å². The molecule has 10 nitrogen and oxygen atoms in total. The van der Waals surface area contributed by atoms with Crippen LogP contribution in [0.3, 0.4) is 0 Å². The highest BCUT2D eigenvalue weighted by Gasteiger charge is 2.15. The van der Waals surface area contributed by atoms with Crippen molar-refractivity contribution in [1.82, 2.24) is 9.97 Å². The van der Waals surface area contributed by atoms with Gasteiger partial charge in [0.1, 0.15) is 36.0 Å². The lowest BCUT2D eigenvalue weighted by Gasteiger charge is -2.15. The summed E-state index contributed by atoms with van der Waals surface area (Å²) >= 11 is 0. The summed E-state index contributed by atoms with van der Waals surface area (Å²) in [4.78, 5) is 19.7. The Labute approximate surface area is 178 Å². The Morgan fingerprint density at radius 1 is 1.00 bits per heavy atom. The van der Waals surface area contributed by atoms with Gasteiger partial charge in [-0.3, -0.25) is 4.79 Å². The molecule has 31 heavy (non-hydrogen) atoms. The number of ether oxygens (including phenoxy) is 3. The van der Waals surface area contributed by atoms with E-state index in [4.69, 9.17) is 14.2 Å². The van der Waals surface area contributed by atoms with E-state index in [0.29, 0.717) is 41.4 Å². The molecular weight excluding hydrogens is 404 g/mol. The Morgan fingerprint density at radius 2 is 1.74 bits per heavy atom. The molecule has 0 bridgehead atoms. The van der Waals surface area contributed by atoms with Crippen molar-refractivity contribution in [1.29, 1.82) is 0 Å². The molecule has 1 aromatic heterocycles. The highest BCUT2D eigenvalue weighted by Crippen LogP contribution is 2.39. The quantitative estimate of drug-likeness (QED) is 0.217. The summed E-state index contributed by atoms with van der Waals surface area (Å²) in [6.07, 6.45) is 1.37. The number of Topliss-reactive ketones (excluding diaryl/α,β-unsaturated/α-hetero) is 1. The van der Waals surface area contributed by atoms with Crippen molar-refractivity contribution in [2.45, 2.75) is 6.92 Å². The van der Waals surface area contributed by atoms with Gasteiger partial charge in [0, 0.05) is 30.7 Å². The second-order valence-corrected chi connectivity index (χ2v) is 6.65. The average Bonchev–Trinajstić information content (AvgIpc) is 2.74. The summed E-state index contributed by atoms with van der Waals surface area (Å²) in [5, 5.41) is 27.0. The molecule has 3 aromatic rings. The molecule has 0 aliphatic carbocycles. The van der Waals surface area contributed by atoms with Crippen LogP contribution in [-0.2, 0) is 9.53 Å². The number of fused-ring (bicyclic) bond motifs is 1. The first kappa shape index (κ1) is 21.9. The number of carbonyl (C=O) groups is 1. The van der Waals surface area contributed by atoms with Gasteiger partial charge in [-0.2, -0.15) is 0 Å². The number of ketones is 1. The number of nitrogens with zero attached hydrogens (tertiary/aromatic N) is 2. The maximum absolute atomic E-state index is 11.1. The van der Waals surface area contributed by atoms with Crippen LogP contribution in [0.25, 0.3) is 10.9 Å². The first-order valence-electron chi connectivity index (χ1n) is 9.43. The van der Waals surface area contributed by atoms with E-state index in [0.717, 1.165) is 0 Å². The number of phenolic OH excluding ortho intramolecular Hbond substituents is 2. The fourth-order valence-corrected chi connectivity index (χ4v) is 2.84. The zero-order valence-corrected chi connectivity index (χ0v) is 17.4. The van der Waals surface area contributed by atoms with Crippen molar-refractivity contribution in [3.8, 4) is 23.0 Å². The molecule has 3 rings (SSSR count). The van der Waals surface area contributed by atoms with Crippen molar-refractivity contribution < 1.29 is 29.2 Å². The third-order valence-corrected chi connectivity index (χ3v) is 4.36. The lowest BCUT2D eigenvalue weighted by atomic mass is 10.2. The highest BCUT2D eigenvalue weighted by atomic mass is 16.5. The molecule has 2 aromatic carbocycles. The van der Waals surface area contributed by atoms with E-state index in [2.05, 4.69) is 20.6 Å². The SMILES string of the molecule is COCCOc1cc2ncnc(Nc3cc(O)c(NCC(C)=O)cc3O)c2cc1OC. The zero-order chi connectivity index (χ0) is 22.4. The molecule has 0 amide bonds. The van der Waals surface area contributed by atoms with Crippen LogP contribution in [0, 0.1) is 0 Å². The Hall–Kier alpha value is -3.79. The molecule has 10 heteroatoms. The normalized spacial score (nSPS) is 10.7. The van der Waals surface area contributed by atoms with Crippen LogP contribution in [-0.4, -0.2) is 59.9 Å². The van der Waals surface area contributed by atoms with E-state index in [1.165, 1.54) is 32.5 Å². The first-order chi connectivity index (χ1) is 14.9. The van der Waals surface area contributed by atoms with Gasteiger partial charge in [-0.1, -0.05) is 0 Å². The molecule has 0 unspecified atom stereocenters. The Morgan fingerprint density at radius 3 is 2.45 bits per heavy atom. The second-order valence-electron chi connectivity index (χ2n) is 6.65. The smallest absolute Gasteiger partial charge is 0.163 e. The monoisotopic (exact) mass is 428 g/mol. The van der Waals surface area contributed by atoms with Crippen LogP contribution in [0.4, 0.5) is 17.2 Å². The number of anilines is 3. The van der Waals surface area contributed by atoms with E-state index in [9.17, 15) is 15.0 Å². The van der Waals surface area contributed by atoms with Crippen LogP contribution in [0.5, 0.6) is 23.0 Å². The van der Waals surface area contributed by atoms with Gasteiger partial charge in [0.15, 0.2) is 11.5 Å². The van der Waals surface area contributed by atoms with Crippen LogP contribution < -0.4 is 20.1 Å². The molecule has 0 spiro atoms. The molecule has 0 aliphatic heterocycles. The zero-order valence-electron chi connectivity index (χ0n) is 17.4. The Bertz CT molecular complexity index is 1090. The fourth-order valence-electron chi connectivity index (χ4n) is 2.84. The molecule has 0 radical (unpaired) electrons. The summed E-state index contributed by atoms with van der Waals surface area (Å²) in [7, 11) is 3.11. The van der Waals surface area contributed by atoms with E-state index in [1.807, 2.05) is 0 Å². The predicted octanol–water partition coefficient (Wildman–Crippen LogP) is 2.82. The lowest BCUT2D eigenvalue weighted by Crippen LogP contribution is -2.10. The second kappa shape index (κ2) is 9.81. The number of benzene rings is 2. The Balaban J connectivity index is 1.92. The van der Waals surface area contributed by atoms with Crippen molar-refractivity contribution in [3.05, 3.63) is 30.6 Å². The topological polar surface area (TPSA) is 135 Å². The minimum absolute atomic E-state index is 0.0326. The van der Waals surface area contributed by atoms with Gasteiger partial charge >= 0.3 is 0 Å². The number of carbonyl (C=O) groups excluding carboxylic acids is 1. The van der Waals surface area contributed by atoms with Gasteiger partial charge in [-0.15, -0.1) is 0 Å². The van der Waals surface area contributed by atoms with Crippen LogP contribution in [0.2, 0.25) is 0 Å². The largest absolute Gasteiger partial charge is 0.506 e. The molecule has 0 fully saturated rings. The summed E-state index contributed by atoms with van der Waals surface area (Å²) in [5.74, 6) is 1.02. The van der Waals surface area contributed by atoms with E-state index in [-0.39, 0.29) is 35.2 Å². The maximum atomic E-state index is 11.1. The molecular formula is C21H24N4O6. The average molecular weight is 428 g/mol. The molecule has 164 valence electrons. The number of phenols is 2. The third kappa shape index (κ3) is 5.23. The fraction of sp³-hybridized carbons (Fsp3) is 0.286. The number of rotatable bonds is 10. The molecule has 4 N–H and O–H groups in total. The van der Waals surface area contributed by atoms with Crippen LogP contribution in [0.15, 0.2) is 30.6 Å². The number of nitrogens with one attached hydrogen (secondary N) is 2. The van der Waals surface area contributed by atoms with E-state index >= 15 is 0 Å². The summed E-state index contributed by atoms with van der Waals surface area (Å²) < 4.78 is 16.1. The van der Waals surface area contributed by atoms with E-state index in [1.54, 1.807) is 19.2 Å². The number of aromatic nitrogens is 2. The summed E-state index contributed by atoms with van der Waals surface area (Å²) in [5.41, 5.74) is 1.06. The first-order valence-corrected chi connectivity index (χ1v) is 9.43. The molecule has 1 heterocycles. The van der Waals surface area contributed by atoms with Gasteiger partial charge in [0.05, 0.1) is 37.2 Å². The lowest BCUT2D eigenvalue weighted by molar-refractivity contribution is -0.115. The number of methoxy groups -OCH3 is 2. The molecule has 0 saturated carbocycles. The maximum Gasteiger partial charge on any atom is 0.163 e. The van der Waals surface area contributed by atoms with Gasteiger partial charge in [0.25, 0.3) is 0 Å². The molecule has 0 saturated heterocycles. The number of aromatic hydroxyl groups is 2.